The number of rotatable bonds is 2. The Bertz CT molecular complexity index is 617. The lowest BCUT2D eigenvalue weighted by Gasteiger charge is -2.27. The molecule has 0 unspecified atom stereocenters. The second-order valence-corrected chi connectivity index (χ2v) is 5.41. The first-order chi connectivity index (χ1) is 9.19. The van der Waals surface area contributed by atoms with E-state index in [1.165, 1.54) is 0 Å². The predicted octanol–water partition coefficient (Wildman–Crippen LogP) is 1.59. The number of nitrogens with zero attached hydrogens (tertiary/aromatic N) is 4. The van der Waals surface area contributed by atoms with Gasteiger partial charge in [-0.1, -0.05) is 6.92 Å². The largest absolute Gasteiger partial charge is 0.356 e. The summed E-state index contributed by atoms with van der Waals surface area (Å²) < 4.78 is 2.98. The van der Waals surface area contributed by atoms with E-state index in [0.717, 1.165) is 29.1 Å². The molecule has 19 heavy (non-hydrogen) atoms. The Kier molecular flexibility index (Phi) is 3.14. The van der Waals surface area contributed by atoms with E-state index in [1.807, 2.05) is 0 Å². The van der Waals surface area contributed by atoms with Crippen LogP contribution in [-0.4, -0.2) is 37.1 Å². The number of amides is 1. The van der Waals surface area contributed by atoms with Crippen molar-refractivity contribution in [3.8, 4) is 0 Å². The maximum absolute atomic E-state index is 12.3. The van der Waals surface area contributed by atoms with Crippen LogP contribution in [0.4, 0.5) is 0 Å². The molecule has 0 saturated carbocycles. The fourth-order valence-electron chi connectivity index (χ4n) is 2.31. The molecule has 100 valence electrons. The minimum atomic E-state index is -0.00185. The molecule has 2 aromatic heterocycles. The summed E-state index contributed by atoms with van der Waals surface area (Å²) in [4.78, 5) is 17.1. The van der Waals surface area contributed by atoms with E-state index >= 15 is 0 Å². The lowest BCUT2D eigenvalue weighted by Crippen LogP contribution is -2.38. The molecule has 1 amide bonds. The molecule has 7 heteroatoms. The van der Waals surface area contributed by atoms with Gasteiger partial charge in [0, 0.05) is 30.2 Å². The SMILES string of the molecule is CCc1nnc2n1CCN(C(=O)c1cc(Br)c[nH]1)C2. The summed E-state index contributed by atoms with van der Waals surface area (Å²) in [5.41, 5.74) is 0.593. The van der Waals surface area contributed by atoms with Crippen LogP contribution in [-0.2, 0) is 19.5 Å². The second kappa shape index (κ2) is 4.80. The fourth-order valence-corrected chi connectivity index (χ4v) is 2.66. The number of H-pyrrole nitrogens is 1. The third-order valence-corrected chi connectivity index (χ3v) is 3.77. The Morgan fingerprint density at radius 2 is 2.32 bits per heavy atom. The first-order valence-corrected chi connectivity index (χ1v) is 7.02. The molecule has 6 nitrogen and oxygen atoms in total. The normalized spacial score (nSPS) is 14.5. The quantitative estimate of drug-likeness (QED) is 0.912. The molecule has 0 spiro atoms. The topological polar surface area (TPSA) is 66.8 Å². The number of carbonyl (C=O) groups excluding carboxylic acids is 1. The smallest absolute Gasteiger partial charge is 0.270 e. The summed E-state index contributed by atoms with van der Waals surface area (Å²) in [7, 11) is 0. The minimum absolute atomic E-state index is 0.00185. The van der Waals surface area contributed by atoms with Gasteiger partial charge in [0.1, 0.15) is 11.5 Å². The molecular formula is C12H14BrN5O. The third kappa shape index (κ3) is 2.18. The van der Waals surface area contributed by atoms with Crippen LogP contribution < -0.4 is 0 Å². The molecule has 0 saturated heterocycles. The fraction of sp³-hybridized carbons (Fsp3) is 0.417. The lowest BCUT2D eigenvalue weighted by molar-refractivity contribution is 0.0701. The first-order valence-electron chi connectivity index (χ1n) is 6.23. The monoisotopic (exact) mass is 323 g/mol. The zero-order valence-corrected chi connectivity index (χ0v) is 12.1. The van der Waals surface area contributed by atoms with Gasteiger partial charge in [0.15, 0.2) is 5.82 Å². The van der Waals surface area contributed by atoms with Crippen molar-refractivity contribution < 1.29 is 4.79 Å². The summed E-state index contributed by atoms with van der Waals surface area (Å²) in [5.74, 6) is 1.85. The number of hydrogen-bond acceptors (Lipinski definition) is 3. The molecule has 0 aliphatic carbocycles. The number of halogens is 1. The highest BCUT2D eigenvalue weighted by atomic mass is 79.9. The van der Waals surface area contributed by atoms with Crippen LogP contribution in [0.5, 0.6) is 0 Å². The van der Waals surface area contributed by atoms with E-state index in [4.69, 9.17) is 0 Å². The number of hydrogen-bond donors (Lipinski definition) is 1. The molecule has 1 N–H and O–H groups in total. The van der Waals surface area contributed by atoms with Gasteiger partial charge in [0.25, 0.3) is 5.91 Å². The third-order valence-electron chi connectivity index (χ3n) is 3.31. The Morgan fingerprint density at radius 3 is 3.00 bits per heavy atom. The zero-order valence-electron chi connectivity index (χ0n) is 10.6. The first kappa shape index (κ1) is 12.4. The number of fused-ring (bicyclic) bond motifs is 1. The van der Waals surface area contributed by atoms with E-state index in [9.17, 15) is 4.79 Å². The van der Waals surface area contributed by atoms with Gasteiger partial charge >= 0.3 is 0 Å². The van der Waals surface area contributed by atoms with E-state index in [2.05, 4.69) is 42.6 Å². The summed E-state index contributed by atoms with van der Waals surface area (Å²) in [6.45, 7) is 4.03. The van der Waals surface area contributed by atoms with Crippen LogP contribution >= 0.6 is 15.9 Å². The highest BCUT2D eigenvalue weighted by molar-refractivity contribution is 9.10. The van der Waals surface area contributed by atoms with Crippen LogP contribution in [0.2, 0.25) is 0 Å². The summed E-state index contributed by atoms with van der Waals surface area (Å²) in [6.07, 6.45) is 2.62. The van der Waals surface area contributed by atoms with Crippen molar-refractivity contribution in [2.24, 2.45) is 0 Å². The summed E-state index contributed by atoms with van der Waals surface area (Å²) in [5, 5.41) is 8.31. The Morgan fingerprint density at radius 1 is 1.47 bits per heavy atom. The van der Waals surface area contributed by atoms with Crippen molar-refractivity contribution in [2.75, 3.05) is 6.54 Å². The minimum Gasteiger partial charge on any atom is -0.356 e. The summed E-state index contributed by atoms with van der Waals surface area (Å²) >= 11 is 3.33. The van der Waals surface area contributed by atoms with Crippen LogP contribution in [0.1, 0.15) is 29.1 Å². The van der Waals surface area contributed by atoms with Gasteiger partial charge in [-0.3, -0.25) is 4.79 Å². The van der Waals surface area contributed by atoms with E-state index < -0.39 is 0 Å². The molecular weight excluding hydrogens is 310 g/mol. The average Bonchev–Trinajstić information content (AvgIpc) is 3.03. The molecule has 0 aromatic carbocycles. The van der Waals surface area contributed by atoms with Gasteiger partial charge in [0.05, 0.1) is 6.54 Å². The van der Waals surface area contributed by atoms with E-state index in [0.29, 0.717) is 18.8 Å². The molecule has 3 heterocycles. The highest BCUT2D eigenvalue weighted by Gasteiger charge is 2.25. The molecule has 0 fully saturated rings. The molecule has 0 atom stereocenters. The van der Waals surface area contributed by atoms with Gasteiger partial charge in [0.2, 0.25) is 0 Å². The summed E-state index contributed by atoms with van der Waals surface area (Å²) in [6, 6.07) is 1.79. The standard InChI is InChI=1S/C12H14BrN5O/c1-2-10-15-16-11-7-17(3-4-18(10)11)12(19)9-5-8(13)6-14-9/h5-6,14H,2-4,7H2,1H3. The number of aromatic nitrogens is 4. The van der Waals surface area contributed by atoms with Crippen LogP contribution in [0.3, 0.4) is 0 Å². The molecule has 2 aromatic rings. The van der Waals surface area contributed by atoms with E-state index in [-0.39, 0.29) is 5.91 Å². The van der Waals surface area contributed by atoms with Gasteiger partial charge < -0.3 is 14.5 Å². The van der Waals surface area contributed by atoms with Crippen LogP contribution in [0, 0.1) is 0 Å². The van der Waals surface area contributed by atoms with Gasteiger partial charge in [-0.25, -0.2) is 0 Å². The van der Waals surface area contributed by atoms with Crippen molar-refractivity contribution in [2.45, 2.75) is 26.4 Å². The maximum Gasteiger partial charge on any atom is 0.270 e. The van der Waals surface area contributed by atoms with Gasteiger partial charge in [-0.05, 0) is 22.0 Å². The Hall–Kier alpha value is -1.63. The molecule has 1 aliphatic rings. The lowest BCUT2D eigenvalue weighted by atomic mass is 10.3. The van der Waals surface area contributed by atoms with Crippen molar-refractivity contribution in [3.63, 3.8) is 0 Å². The molecule has 1 aliphatic heterocycles. The van der Waals surface area contributed by atoms with Crippen molar-refractivity contribution in [1.29, 1.82) is 0 Å². The highest BCUT2D eigenvalue weighted by Crippen LogP contribution is 2.17. The molecule has 0 bridgehead atoms. The van der Waals surface area contributed by atoms with Gasteiger partial charge in [-0.2, -0.15) is 0 Å². The zero-order chi connectivity index (χ0) is 13.4. The van der Waals surface area contributed by atoms with E-state index in [1.54, 1.807) is 17.2 Å². The maximum atomic E-state index is 12.3. The van der Waals surface area contributed by atoms with Crippen LogP contribution in [0.15, 0.2) is 16.7 Å². The Labute approximate surface area is 118 Å². The average molecular weight is 324 g/mol. The van der Waals surface area contributed by atoms with Crippen LogP contribution in [0.25, 0.3) is 0 Å². The number of nitrogens with one attached hydrogen (secondary N) is 1. The van der Waals surface area contributed by atoms with Crippen molar-refractivity contribution in [1.82, 2.24) is 24.6 Å². The number of aryl methyl sites for hydroxylation is 1. The van der Waals surface area contributed by atoms with Gasteiger partial charge in [-0.15, -0.1) is 10.2 Å². The number of aromatic amines is 1. The van der Waals surface area contributed by atoms with Crippen molar-refractivity contribution >= 4 is 21.8 Å². The number of carbonyl (C=O) groups is 1. The molecule has 0 radical (unpaired) electrons. The Balaban J connectivity index is 1.80. The second-order valence-electron chi connectivity index (χ2n) is 4.50. The van der Waals surface area contributed by atoms with Crippen molar-refractivity contribution in [3.05, 3.63) is 34.1 Å². The predicted molar refractivity (Wildman–Crippen MR) is 72.6 cm³/mol. The molecule has 3 rings (SSSR count).